The van der Waals surface area contributed by atoms with Gasteiger partial charge in [-0.15, -0.1) is 0 Å². The molecule has 0 bridgehead atoms. The Bertz CT molecular complexity index is 686. The molecule has 1 saturated carbocycles. The molecule has 92 valence electrons. The minimum absolute atomic E-state index is 0.232. The second-order valence-corrected chi connectivity index (χ2v) is 4.74. The highest BCUT2D eigenvalue weighted by atomic mass is 16.1. The Kier molecular flexibility index (Phi) is 2.31. The Morgan fingerprint density at radius 2 is 2.17 bits per heavy atom. The summed E-state index contributed by atoms with van der Waals surface area (Å²) in [6.45, 7) is 0.255. The summed E-state index contributed by atoms with van der Waals surface area (Å²) in [4.78, 5) is 22.8. The summed E-state index contributed by atoms with van der Waals surface area (Å²) in [5.74, 6) is 0. The highest BCUT2D eigenvalue weighted by Crippen LogP contribution is 2.46. The number of hydrogen-bond acceptors (Lipinski definition) is 4. The number of hydrogen-bond donors (Lipinski definition) is 2. The van der Waals surface area contributed by atoms with Gasteiger partial charge in [-0.2, -0.15) is 5.10 Å². The Morgan fingerprint density at radius 1 is 1.39 bits per heavy atom. The number of nitrogens with one attached hydrogen (secondary N) is 1. The number of nitrogens with two attached hydrogens (primary N) is 1. The number of aromatic amines is 1. The van der Waals surface area contributed by atoms with Gasteiger partial charge in [0.2, 0.25) is 0 Å². The minimum atomic E-state index is -0.345. The van der Waals surface area contributed by atoms with Gasteiger partial charge in [0, 0.05) is 11.9 Å². The summed E-state index contributed by atoms with van der Waals surface area (Å²) in [5.41, 5.74) is 6.64. The van der Waals surface area contributed by atoms with E-state index in [4.69, 9.17) is 5.73 Å². The fourth-order valence-corrected chi connectivity index (χ4v) is 2.29. The Balaban J connectivity index is 2.28. The topological polar surface area (TPSA) is 88.8 Å². The molecule has 1 heterocycles. The minimum Gasteiger partial charge on any atom is -0.325 e. The van der Waals surface area contributed by atoms with Crippen LogP contribution in [0, 0.1) is 0 Å². The fraction of sp³-hybridized carbons (Fsp3) is 0.308. The zero-order valence-corrected chi connectivity index (χ0v) is 9.77. The van der Waals surface area contributed by atoms with Crippen molar-refractivity contribution >= 4 is 17.1 Å². The number of rotatable bonds is 3. The van der Waals surface area contributed by atoms with Crippen LogP contribution in [0.2, 0.25) is 0 Å². The molecule has 0 amide bonds. The van der Waals surface area contributed by atoms with Crippen molar-refractivity contribution in [3.63, 3.8) is 0 Å². The maximum absolute atomic E-state index is 11.7. The summed E-state index contributed by atoms with van der Waals surface area (Å²) < 4.78 is 0. The van der Waals surface area contributed by atoms with Crippen molar-refractivity contribution in [2.75, 3.05) is 0 Å². The maximum Gasteiger partial charge on any atom is 0.272 e. The third-order valence-corrected chi connectivity index (χ3v) is 3.65. The van der Waals surface area contributed by atoms with Crippen molar-refractivity contribution < 1.29 is 4.79 Å². The van der Waals surface area contributed by atoms with Crippen LogP contribution in [0.4, 0.5) is 0 Å². The number of aromatic nitrogens is 2. The van der Waals surface area contributed by atoms with E-state index in [0.717, 1.165) is 30.1 Å². The molecule has 5 nitrogen and oxygen atoms in total. The smallest absolute Gasteiger partial charge is 0.272 e. The quantitative estimate of drug-likeness (QED) is 0.773. The lowest BCUT2D eigenvalue weighted by Crippen LogP contribution is -2.15. The Hall–Kier alpha value is -2.01. The zero-order chi connectivity index (χ0) is 12.8. The molecule has 1 fully saturated rings. The van der Waals surface area contributed by atoms with Gasteiger partial charge in [0.05, 0.1) is 16.5 Å². The second kappa shape index (κ2) is 3.74. The fourth-order valence-electron chi connectivity index (χ4n) is 2.29. The first kappa shape index (κ1) is 11.1. The normalized spacial score (nSPS) is 16.7. The van der Waals surface area contributed by atoms with Crippen LogP contribution in [0.25, 0.3) is 10.8 Å². The lowest BCUT2D eigenvalue weighted by Gasteiger charge is -2.09. The van der Waals surface area contributed by atoms with E-state index >= 15 is 0 Å². The molecule has 2 aromatic rings. The molecule has 0 aliphatic heterocycles. The van der Waals surface area contributed by atoms with E-state index in [9.17, 15) is 9.59 Å². The number of carbonyl (C=O) groups excluding carboxylic acids is 1. The molecule has 5 heteroatoms. The second-order valence-electron chi connectivity index (χ2n) is 4.74. The molecule has 1 aromatic heterocycles. The van der Waals surface area contributed by atoms with Crippen LogP contribution in [0.3, 0.4) is 0 Å². The average Bonchev–Trinajstić information content (AvgIpc) is 3.20. The summed E-state index contributed by atoms with van der Waals surface area (Å²) in [6.07, 6.45) is 2.74. The highest BCUT2D eigenvalue weighted by Gasteiger charge is 2.44. The molecule has 1 aromatic carbocycles. The molecule has 0 spiro atoms. The number of H-pyrrole nitrogens is 1. The van der Waals surface area contributed by atoms with E-state index in [1.807, 2.05) is 12.1 Å². The molecule has 0 atom stereocenters. The van der Waals surface area contributed by atoms with Crippen LogP contribution >= 0.6 is 0 Å². The molecular weight excluding hydrogens is 230 g/mol. The van der Waals surface area contributed by atoms with E-state index < -0.39 is 0 Å². The van der Waals surface area contributed by atoms with Crippen molar-refractivity contribution in [2.45, 2.75) is 24.8 Å². The van der Waals surface area contributed by atoms with Crippen molar-refractivity contribution in [1.82, 2.24) is 10.2 Å². The van der Waals surface area contributed by atoms with Crippen molar-refractivity contribution in [2.24, 2.45) is 5.73 Å². The van der Waals surface area contributed by atoms with Crippen molar-refractivity contribution in [3.05, 3.63) is 39.8 Å². The first-order valence-corrected chi connectivity index (χ1v) is 5.88. The first-order chi connectivity index (χ1) is 8.70. The zero-order valence-electron chi connectivity index (χ0n) is 9.77. The predicted molar refractivity (Wildman–Crippen MR) is 67.2 cm³/mol. The number of carbonyl (C=O) groups is 1. The van der Waals surface area contributed by atoms with E-state index in [-0.39, 0.29) is 17.5 Å². The average molecular weight is 243 g/mol. The number of fused-ring (bicyclic) bond motifs is 1. The van der Waals surface area contributed by atoms with E-state index in [0.29, 0.717) is 11.1 Å². The molecule has 1 aliphatic rings. The first-order valence-electron chi connectivity index (χ1n) is 5.88. The molecule has 0 radical (unpaired) electrons. The lowest BCUT2D eigenvalue weighted by atomic mass is 9.95. The van der Waals surface area contributed by atoms with Gasteiger partial charge in [-0.05, 0) is 30.5 Å². The van der Waals surface area contributed by atoms with Gasteiger partial charge in [-0.1, -0.05) is 6.07 Å². The Labute approximate surface area is 103 Å². The molecule has 1 aliphatic carbocycles. The van der Waals surface area contributed by atoms with Gasteiger partial charge >= 0.3 is 0 Å². The largest absolute Gasteiger partial charge is 0.325 e. The third kappa shape index (κ3) is 1.48. The van der Waals surface area contributed by atoms with Gasteiger partial charge < -0.3 is 10.5 Å². The number of aldehydes is 1. The predicted octanol–water partition coefficient (Wildman–Crippen LogP) is 0.612. The number of nitrogens with zero attached hydrogens (tertiary/aromatic N) is 1. The van der Waals surface area contributed by atoms with Gasteiger partial charge in [-0.3, -0.25) is 4.79 Å². The molecular formula is C13H13N3O2. The third-order valence-electron chi connectivity index (χ3n) is 3.65. The lowest BCUT2D eigenvalue weighted by molar-refractivity contribution is -0.109. The van der Waals surface area contributed by atoms with Crippen LogP contribution in [0.15, 0.2) is 23.0 Å². The molecule has 0 saturated heterocycles. The summed E-state index contributed by atoms with van der Waals surface area (Å²) in [6, 6.07) is 5.47. The van der Waals surface area contributed by atoms with Crippen molar-refractivity contribution in [3.8, 4) is 0 Å². The van der Waals surface area contributed by atoms with Crippen LogP contribution in [0.5, 0.6) is 0 Å². The van der Waals surface area contributed by atoms with Crippen molar-refractivity contribution in [1.29, 1.82) is 0 Å². The van der Waals surface area contributed by atoms with Gasteiger partial charge in [-0.25, -0.2) is 5.10 Å². The summed E-state index contributed by atoms with van der Waals surface area (Å²) >= 11 is 0. The van der Waals surface area contributed by atoms with Gasteiger partial charge in [0.15, 0.2) is 0 Å². The SMILES string of the molecule is NCc1n[nH]c(=O)c2ccc(C3(C=O)CC3)cc12. The van der Waals surface area contributed by atoms with E-state index in [2.05, 4.69) is 10.2 Å². The highest BCUT2D eigenvalue weighted by molar-refractivity contribution is 5.86. The van der Waals surface area contributed by atoms with Crippen LogP contribution in [-0.4, -0.2) is 16.5 Å². The van der Waals surface area contributed by atoms with Crippen LogP contribution in [0.1, 0.15) is 24.1 Å². The van der Waals surface area contributed by atoms with Crippen LogP contribution in [-0.2, 0) is 16.8 Å². The molecule has 18 heavy (non-hydrogen) atoms. The summed E-state index contributed by atoms with van der Waals surface area (Å²) in [7, 11) is 0. The van der Waals surface area contributed by atoms with Gasteiger partial charge in [0.1, 0.15) is 6.29 Å². The molecule has 3 rings (SSSR count). The molecule has 3 N–H and O–H groups in total. The maximum atomic E-state index is 11.7. The summed E-state index contributed by atoms with van der Waals surface area (Å²) in [5, 5.41) is 7.68. The molecule has 0 unspecified atom stereocenters. The monoisotopic (exact) mass is 243 g/mol. The van der Waals surface area contributed by atoms with Gasteiger partial charge in [0.25, 0.3) is 5.56 Å². The Morgan fingerprint density at radius 3 is 2.78 bits per heavy atom. The van der Waals surface area contributed by atoms with Crippen LogP contribution < -0.4 is 11.3 Å². The van der Waals surface area contributed by atoms with E-state index in [1.54, 1.807) is 6.07 Å². The number of benzene rings is 1. The van der Waals surface area contributed by atoms with E-state index in [1.165, 1.54) is 0 Å². The standard InChI is InChI=1S/C13H13N3O2/c14-6-11-10-5-8(13(7-17)3-4-13)1-2-9(10)12(18)16-15-11/h1-2,5,7H,3-4,6,14H2,(H,16,18).